The van der Waals surface area contributed by atoms with Gasteiger partial charge in [0.1, 0.15) is 6.04 Å². The third kappa shape index (κ3) is 7.25. The molecular formula is C29H32N4O4. The molecular weight excluding hydrogens is 468 g/mol. The maximum atomic E-state index is 13.4. The predicted molar refractivity (Wildman–Crippen MR) is 140 cm³/mol. The number of hydrogen-bond acceptors (Lipinski definition) is 5. The number of rotatable bonds is 11. The first-order valence-corrected chi connectivity index (χ1v) is 12.4. The van der Waals surface area contributed by atoms with Crippen LogP contribution >= 0.6 is 0 Å². The van der Waals surface area contributed by atoms with E-state index in [0.717, 1.165) is 16.7 Å². The van der Waals surface area contributed by atoms with Crippen LogP contribution in [0.4, 0.5) is 0 Å². The van der Waals surface area contributed by atoms with E-state index in [-0.39, 0.29) is 24.7 Å². The number of aliphatic hydroxyl groups excluding tert-OH is 1. The summed E-state index contributed by atoms with van der Waals surface area (Å²) in [6.07, 6.45) is -0.594. The monoisotopic (exact) mass is 500 g/mol. The van der Waals surface area contributed by atoms with Crippen LogP contribution in [0.25, 0.3) is 0 Å². The minimum Gasteiger partial charge on any atom is -0.381 e. The molecule has 3 aromatic rings. The molecule has 8 nitrogen and oxygen atoms in total. The Balaban J connectivity index is 1.43. The van der Waals surface area contributed by atoms with Gasteiger partial charge in [0.25, 0.3) is 5.91 Å². The van der Waals surface area contributed by atoms with Crippen molar-refractivity contribution in [2.24, 2.45) is 0 Å². The summed E-state index contributed by atoms with van der Waals surface area (Å²) in [4.78, 5) is 40.3. The Labute approximate surface area is 216 Å². The molecule has 0 radical (unpaired) electrons. The van der Waals surface area contributed by atoms with Crippen molar-refractivity contribution in [3.05, 3.63) is 108 Å². The largest absolute Gasteiger partial charge is 0.381 e. The summed E-state index contributed by atoms with van der Waals surface area (Å²) in [7, 11) is 0. The van der Waals surface area contributed by atoms with Gasteiger partial charge in [-0.3, -0.25) is 19.8 Å². The van der Waals surface area contributed by atoms with Gasteiger partial charge in [0, 0.05) is 19.5 Å². The van der Waals surface area contributed by atoms with Crippen LogP contribution in [-0.4, -0.2) is 45.9 Å². The number of benzene rings is 3. The number of carbonyl (C=O) groups excluding carboxylic acids is 3. The molecule has 4 N–H and O–H groups in total. The standard InChI is InChI=1S/C29H32N4O4/c34-26-17-16-25(33(26)20-23-14-8-3-9-15-23)28(36)31-24(18-21-10-4-1-5-11-21)27(35)29(37)32-30-19-22-12-6-2-7-13-22/h1-15,24-25,27,30,35H,16-20H2,(H,31,36)(H,32,37). The lowest BCUT2D eigenvalue weighted by atomic mass is 10.00. The molecule has 8 heteroatoms. The molecule has 3 unspecified atom stereocenters. The summed E-state index contributed by atoms with van der Waals surface area (Å²) < 4.78 is 0. The molecule has 4 rings (SSSR count). The van der Waals surface area contributed by atoms with Crippen LogP contribution in [0.3, 0.4) is 0 Å². The van der Waals surface area contributed by atoms with E-state index < -0.39 is 24.1 Å². The molecule has 37 heavy (non-hydrogen) atoms. The Bertz CT molecular complexity index is 1170. The summed E-state index contributed by atoms with van der Waals surface area (Å²) in [6.45, 7) is 0.710. The van der Waals surface area contributed by atoms with Crippen molar-refractivity contribution >= 4 is 17.7 Å². The van der Waals surface area contributed by atoms with E-state index in [0.29, 0.717) is 19.5 Å². The van der Waals surface area contributed by atoms with Crippen LogP contribution in [0.2, 0.25) is 0 Å². The molecule has 0 aliphatic carbocycles. The molecule has 1 aliphatic heterocycles. The molecule has 3 amide bonds. The molecule has 0 bridgehead atoms. The third-order valence-corrected chi connectivity index (χ3v) is 6.45. The first-order chi connectivity index (χ1) is 18.0. The van der Waals surface area contributed by atoms with E-state index in [1.54, 1.807) is 4.90 Å². The average Bonchev–Trinajstić information content (AvgIpc) is 3.29. The fourth-order valence-electron chi connectivity index (χ4n) is 4.46. The SMILES string of the molecule is O=C(NNCc1ccccc1)C(O)C(Cc1ccccc1)NC(=O)C1CCC(=O)N1Cc1ccccc1. The van der Waals surface area contributed by atoms with Gasteiger partial charge in [-0.15, -0.1) is 0 Å². The van der Waals surface area contributed by atoms with Gasteiger partial charge in [0.05, 0.1) is 6.04 Å². The van der Waals surface area contributed by atoms with Crippen molar-refractivity contribution in [2.45, 2.75) is 50.5 Å². The summed E-state index contributed by atoms with van der Waals surface area (Å²) in [5, 5.41) is 13.8. The number of carbonyl (C=O) groups is 3. The van der Waals surface area contributed by atoms with E-state index in [1.165, 1.54) is 0 Å². The maximum Gasteiger partial charge on any atom is 0.265 e. The number of likely N-dealkylation sites (tertiary alicyclic amines) is 1. The second kappa shape index (κ2) is 12.8. The zero-order valence-corrected chi connectivity index (χ0v) is 20.5. The Morgan fingerprint density at radius 3 is 2.05 bits per heavy atom. The molecule has 1 fully saturated rings. The van der Waals surface area contributed by atoms with Gasteiger partial charge in [-0.2, -0.15) is 0 Å². The van der Waals surface area contributed by atoms with Gasteiger partial charge in [-0.1, -0.05) is 91.0 Å². The van der Waals surface area contributed by atoms with Crippen molar-refractivity contribution in [3.63, 3.8) is 0 Å². The zero-order chi connectivity index (χ0) is 26.0. The van der Waals surface area contributed by atoms with Crippen LogP contribution in [-0.2, 0) is 33.9 Å². The number of amides is 3. The fourth-order valence-corrected chi connectivity index (χ4v) is 4.46. The van der Waals surface area contributed by atoms with Crippen molar-refractivity contribution in [1.29, 1.82) is 0 Å². The van der Waals surface area contributed by atoms with Crippen molar-refractivity contribution in [2.75, 3.05) is 0 Å². The Morgan fingerprint density at radius 1 is 0.865 bits per heavy atom. The molecule has 1 heterocycles. The summed E-state index contributed by atoms with van der Waals surface area (Å²) in [5.74, 6) is -1.13. The van der Waals surface area contributed by atoms with E-state index in [1.807, 2.05) is 91.0 Å². The average molecular weight is 501 g/mol. The van der Waals surface area contributed by atoms with Gasteiger partial charge in [-0.05, 0) is 29.5 Å². The highest BCUT2D eigenvalue weighted by Crippen LogP contribution is 2.22. The highest BCUT2D eigenvalue weighted by molar-refractivity contribution is 5.91. The molecule has 0 spiro atoms. The summed E-state index contributed by atoms with van der Waals surface area (Å²) >= 11 is 0. The van der Waals surface area contributed by atoms with Crippen molar-refractivity contribution in [1.82, 2.24) is 21.1 Å². The summed E-state index contributed by atoms with van der Waals surface area (Å²) in [6, 6.07) is 26.8. The second-order valence-electron chi connectivity index (χ2n) is 9.14. The van der Waals surface area contributed by atoms with Crippen LogP contribution < -0.4 is 16.2 Å². The maximum absolute atomic E-state index is 13.4. The Morgan fingerprint density at radius 2 is 1.43 bits per heavy atom. The van der Waals surface area contributed by atoms with Crippen molar-refractivity contribution < 1.29 is 19.5 Å². The van der Waals surface area contributed by atoms with E-state index in [9.17, 15) is 19.5 Å². The van der Waals surface area contributed by atoms with Crippen molar-refractivity contribution in [3.8, 4) is 0 Å². The van der Waals surface area contributed by atoms with Crippen LogP contribution in [0.1, 0.15) is 29.5 Å². The lowest BCUT2D eigenvalue weighted by Gasteiger charge is -2.29. The molecule has 0 aromatic heterocycles. The van der Waals surface area contributed by atoms with E-state index in [2.05, 4.69) is 16.2 Å². The number of nitrogens with one attached hydrogen (secondary N) is 3. The van der Waals surface area contributed by atoms with E-state index >= 15 is 0 Å². The van der Waals surface area contributed by atoms with Gasteiger partial charge in [-0.25, -0.2) is 5.43 Å². The third-order valence-electron chi connectivity index (χ3n) is 6.45. The van der Waals surface area contributed by atoms with Gasteiger partial charge in [0.15, 0.2) is 6.10 Å². The molecule has 1 saturated heterocycles. The number of hydrogen-bond donors (Lipinski definition) is 4. The topological polar surface area (TPSA) is 111 Å². The molecule has 3 aromatic carbocycles. The van der Waals surface area contributed by atoms with Gasteiger partial charge in [0.2, 0.25) is 11.8 Å². The molecule has 1 aliphatic rings. The predicted octanol–water partition coefficient (Wildman–Crippen LogP) is 2.09. The quantitative estimate of drug-likeness (QED) is 0.302. The molecule has 3 atom stereocenters. The number of hydrazine groups is 1. The minimum absolute atomic E-state index is 0.0907. The first kappa shape index (κ1) is 26.1. The normalized spacial score (nSPS) is 16.7. The minimum atomic E-state index is -1.51. The van der Waals surface area contributed by atoms with Crippen LogP contribution in [0, 0.1) is 0 Å². The number of nitrogens with zero attached hydrogens (tertiary/aromatic N) is 1. The van der Waals surface area contributed by atoms with Gasteiger partial charge < -0.3 is 15.3 Å². The highest BCUT2D eigenvalue weighted by Gasteiger charge is 2.38. The number of aliphatic hydroxyl groups is 1. The smallest absolute Gasteiger partial charge is 0.265 e. The summed E-state index contributed by atoms with van der Waals surface area (Å²) in [5.41, 5.74) is 8.12. The second-order valence-corrected chi connectivity index (χ2v) is 9.14. The lowest BCUT2D eigenvalue weighted by Crippen LogP contribution is -2.56. The zero-order valence-electron chi connectivity index (χ0n) is 20.5. The molecule has 192 valence electrons. The first-order valence-electron chi connectivity index (χ1n) is 12.4. The highest BCUT2D eigenvalue weighted by atomic mass is 16.3. The van der Waals surface area contributed by atoms with E-state index in [4.69, 9.17) is 0 Å². The molecule has 0 saturated carbocycles. The van der Waals surface area contributed by atoms with Crippen LogP contribution in [0.5, 0.6) is 0 Å². The fraction of sp³-hybridized carbons (Fsp3) is 0.276. The Kier molecular flexibility index (Phi) is 9.02. The Hall–Kier alpha value is -4.01. The van der Waals surface area contributed by atoms with Crippen LogP contribution in [0.15, 0.2) is 91.0 Å². The lowest BCUT2D eigenvalue weighted by molar-refractivity contribution is -0.138. The van der Waals surface area contributed by atoms with Gasteiger partial charge >= 0.3 is 0 Å².